The summed E-state index contributed by atoms with van der Waals surface area (Å²) in [5, 5.41) is 0. The summed E-state index contributed by atoms with van der Waals surface area (Å²) in [6.45, 7) is 15.4. The molecule has 0 aromatic rings. The van der Waals surface area contributed by atoms with E-state index in [1.807, 2.05) is 0 Å². The van der Waals surface area contributed by atoms with Crippen LogP contribution in [0.2, 0.25) is 0 Å². The van der Waals surface area contributed by atoms with E-state index in [1.165, 1.54) is 52.0 Å². The molecule has 3 nitrogen and oxygen atoms in total. The average Bonchev–Trinajstić information content (AvgIpc) is 2.33. The Morgan fingerprint density at radius 3 is 2.26 bits per heavy atom. The van der Waals surface area contributed by atoms with Gasteiger partial charge < -0.3 is 10.6 Å². The van der Waals surface area contributed by atoms with Crippen LogP contribution in [0.1, 0.15) is 47.0 Å². The Balaban J connectivity index is 1.79. The third-order valence-electron chi connectivity index (χ3n) is 5.12. The predicted octanol–water partition coefficient (Wildman–Crippen LogP) is 2.17. The Labute approximate surface area is 119 Å². The van der Waals surface area contributed by atoms with Gasteiger partial charge in [0.1, 0.15) is 0 Å². The highest BCUT2D eigenvalue weighted by Gasteiger charge is 2.30. The zero-order chi connectivity index (χ0) is 14.0. The van der Waals surface area contributed by atoms with Crippen molar-refractivity contribution in [1.82, 2.24) is 9.80 Å². The van der Waals surface area contributed by atoms with Crippen molar-refractivity contribution in [2.75, 3.05) is 32.7 Å². The Hall–Kier alpha value is -0.120. The van der Waals surface area contributed by atoms with E-state index < -0.39 is 0 Å². The molecule has 2 fully saturated rings. The lowest BCUT2D eigenvalue weighted by atomic mass is 9.79. The number of rotatable bonds is 2. The summed E-state index contributed by atoms with van der Waals surface area (Å²) in [7, 11) is 0. The second-order valence-electron chi connectivity index (χ2n) is 7.80. The van der Waals surface area contributed by atoms with Crippen molar-refractivity contribution in [1.29, 1.82) is 0 Å². The largest absolute Gasteiger partial charge is 0.327 e. The average molecular weight is 267 g/mol. The normalized spacial score (nSPS) is 35.5. The van der Waals surface area contributed by atoms with E-state index in [-0.39, 0.29) is 0 Å². The minimum Gasteiger partial charge on any atom is -0.327 e. The van der Waals surface area contributed by atoms with E-state index in [1.54, 1.807) is 0 Å². The SMILES string of the molecule is CC1CCC(N)C(CN2CCN(C(C)(C)C)CC2)C1. The van der Waals surface area contributed by atoms with Crippen LogP contribution in [-0.4, -0.2) is 54.1 Å². The Morgan fingerprint density at radius 1 is 1.05 bits per heavy atom. The van der Waals surface area contributed by atoms with Crippen LogP contribution in [-0.2, 0) is 0 Å². The molecule has 112 valence electrons. The molecule has 2 N–H and O–H groups in total. The maximum atomic E-state index is 6.32. The molecule has 3 heteroatoms. The van der Waals surface area contributed by atoms with Crippen LogP contribution in [0.4, 0.5) is 0 Å². The monoisotopic (exact) mass is 267 g/mol. The van der Waals surface area contributed by atoms with Crippen molar-refractivity contribution in [3.8, 4) is 0 Å². The molecule has 0 aromatic carbocycles. The van der Waals surface area contributed by atoms with Crippen molar-refractivity contribution < 1.29 is 0 Å². The minimum absolute atomic E-state index is 0.321. The maximum Gasteiger partial charge on any atom is 0.0126 e. The third-order valence-corrected chi connectivity index (χ3v) is 5.12. The molecule has 3 atom stereocenters. The lowest BCUT2D eigenvalue weighted by Gasteiger charge is -2.44. The molecule has 0 amide bonds. The molecule has 1 saturated carbocycles. The van der Waals surface area contributed by atoms with E-state index in [0.29, 0.717) is 11.6 Å². The van der Waals surface area contributed by atoms with Crippen molar-refractivity contribution in [2.45, 2.75) is 58.5 Å². The van der Waals surface area contributed by atoms with Gasteiger partial charge in [0.25, 0.3) is 0 Å². The first-order chi connectivity index (χ1) is 8.86. The molecule has 1 aliphatic carbocycles. The zero-order valence-corrected chi connectivity index (χ0v) is 13.4. The number of hydrogen-bond donors (Lipinski definition) is 1. The van der Waals surface area contributed by atoms with E-state index in [4.69, 9.17) is 5.73 Å². The van der Waals surface area contributed by atoms with Gasteiger partial charge in [0.05, 0.1) is 0 Å². The van der Waals surface area contributed by atoms with Crippen LogP contribution >= 0.6 is 0 Å². The minimum atomic E-state index is 0.321. The van der Waals surface area contributed by atoms with Gasteiger partial charge in [-0.3, -0.25) is 4.90 Å². The van der Waals surface area contributed by atoms with E-state index in [0.717, 1.165) is 11.8 Å². The van der Waals surface area contributed by atoms with Crippen LogP contribution in [0, 0.1) is 11.8 Å². The van der Waals surface area contributed by atoms with Crippen LogP contribution < -0.4 is 5.73 Å². The second kappa shape index (κ2) is 6.11. The van der Waals surface area contributed by atoms with Gasteiger partial charge in [0.15, 0.2) is 0 Å². The van der Waals surface area contributed by atoms with Gasteiger partial charge in [-0.1, -0.05) is 6.92 Å². The van der Waals surface area contributed by atoms with Crippen molar-refractivity contribution in [3.05, 3.63) is 0 Å². The van der Waals surface area contributed by atoms with Gasteiger partial charge in [0, 0.05) is 44.3 Å². The highest BCUT2D eigenvalue weighted by atomic mass is 15.3. The first-order valence-corrected chi connectivity index (χ1v) is 8.09. The van der Waals surface area contributed by atoms with Crippen LogP contribution in [0.25, 0.3) is 0 Å². The quantitative estimate of drug-likeness (QED) is 0.832. The molecule has 19 heavy (non-hydrogen) atoms. The molecule has 0 bridgehead atoms. The van der Waals surface area contributed by atoms with Crippen LogP contribution in [0.5, 0.6) is 0 Å². The van der Waals surface area contributed by atoms with Gasteiger partial charge in [0.2, 0.25) is 0 Å². The third kappa shape index (κ3) is 4.17. The lowest BCUT2D eigenvalue weighted by molar-refractivity contribution is 0.0475. The van der Waals surface area contributed by atoms with Gasteiger partial charge in [-0.15, -0.1) is 0 Å². The molecule has 1 saturated heterocycles. The summed E-state index contributed by atoms with van der Waals surface area (Å²) in [5.74, 6) is 1.60. The number of nitrogens with zero attached hydrogens (tertiary/aromatic N) is 2. The molecule has 2 rings (SSSR count). The van der Waals surface area contributed by atoms with Gasteiger partial charge in [-0.25, -0.2) is 0 Å². The summed E-state index contributed by atoms with van der Waals surface area (Å²) < 4.78 is 0. The van der Waals surface area contributed by atoms with Crippen molar-refractivity contribution in [2.24, 2.45) is 17.6 Å². The smallest absolute Gasteiger partial charge is 0.0126 e. The van der Waals surface area contributed by atoms with Gasteiger partial charge in [-0.2, -0.15) is 0 Å². The molecule has 1 aliphatic heterocycles. The van der Waals surface area contributed by atoms with Crippen molar-refractivity contribution >= 4 is 0 Å². The molecule has 0 spiro atoms. The summed E-state index contributed by atoms with van der Waals surface area (Å²) >= 11 is 0. The van der Waals surface area contributed by atoms with E-state index >= 15 is 0 Å². The molecule has 2 aliphatic rings. The second-order valence-corrected chi connectivity index (χ2v) is 7.80. The molecular formula is C16H33N3. The molecule has 1 heterocycles. The Kier molecular flexibility index (Phi) is 4.91. The molecular weight excluding hydrogens is 234 g/mol. The number of piperazine rings is 1. The Bertz CT molecular complexity index is 276. The zero-order valence-electron chi connectivity index (χ0n) is 13.4. The molecule has 3 unspecified atom stereocenters. The topological polar surface area (TPSA) is 32.5 Å². The number of nitrogens with two attached hydrogens (primary N) is 1. The van der Waals surface area contributed by atoms with Crippen LogP contribution in [0.3, 0.4) is 0 Å². The fourth-order valence-electron chi connectivity index (χ4n) is 3.66. The predicted molar refractivity (Wildman–Crippen MR) is 82.2 cm³/mol. The van der Waals surface area contributed by atoms with Crippen molar-refractivity contribution in [3.63, 3.8) is 0 Å². The summed E-state index contributed by atoms with van der Waals surface area (Å²) in [6.07, 6.45) is 3.89. The molecule has 0 aromatic heterocycles. The highest BCUT2D eigenvalue weighted by molar-refractivity contribution is 4.86. The van der Waals surface area contributed by atoms with Gasteiger partial charge >= 0.3 is 0 Å². The van der Waals surface area contributed by atoms with E-state index in [9.17, 15) is 0 Å². The summed E-state index contributed by atoms with van der Waals surface area (Å²) in [5.41, 5.74) is 6.64. The standard InChI is InChI=1S/C16H33N3/c1-13-5-6-15(17)14(11-13)12-18-7-9-19(10-8-18)16(2,3)4/h13-15H,5-12,17H2,1-4H3. The molecule has 0 radical (unpaired) electrons. The first-order valence-electron chi connectivity index (χ1n) is 8.09. The summed E-state index contributed by atoms with van der Waals surface area (Å²) in [4.78, 5) is 5.25. The van der Waals surface area contributed by atoms with Crippen LogP contribution in [0.15, 0.2) is 0 Å². The number of hydrogen-bond acceptors (Lipinski definition) is 3. The Morgan fingerprint density at radius 2 is 1.68 bits per heavy atom. The highest BCUT2D eigenvalue weighted by Crippen LogP contribution is 2.29. The first kappa shape index (κ1) is 15.3. The maximum absolute atomic E-state index is 6.32. The lowest BCUT2D eigenvalue weighted by Crippen LogP contribution is -2.55. The fourth-order valence-corrected chi connectivity index (χ4v) is 3.66. The summed E-state index contributed by atoms with van der Waals surface area (Å²) in [6, 6.07) is 0.442. The van der Waals surface area contributed by atoms with Gasteiger partial charge in [-0.05, 0) is 51.9 Å². The fraction of sp³-hybridized carbons (Fsp3) is 1.00. The van der Waals surface area contributed by atoms with E-state index in [2.05, 4.69) is 37.5 Å².